The number of hydrogen-bond donors (Lipinski definition) is 0. The Bertz CT molecular complexity index is 623. The summed E-state index contributed by atoms with van der Waals surface area (Å²) in [7, 11) is 0. The normalized spacial score (nSPS) is 11.9. The zero-order valence-electron chi connectivity index (χ0n) is 34.5. The van der Waals surface area contributed by atoms with Crippen LogP contribution in [0.4, 0.5) is 0 Å². The number of nitrogens with zero attached hydrogens (tertiary/aromatic N) is 1. The summed E-state index contributed by atoms with van der Waals surface area (Å²) in [4.78, 5) is 10.2. The first-order chi connectivity index (χ1) is 24.0. The lowest BCUT2D eigenvalue weighted by Gasteiger charge is -2.39. The quantitative estimate of drug-likeness (QED) is 0.0368. The van der Waals surface area contributed by atoms with Gasteiger partial charge in [0.2, 0.25) is 0 Å². The SMILES string of the molecule is CCCCC/C=C\C/C=C\CCCCCCCC(=O)[O-].CCCCCCC[N+](CCCCCCC)(CCCCCCC)CCCCCCC. The van der Waals surface area contributed by atoms with Gasteiger partial charge in [-0.15, -0.1) is 0 Å². The lowest BCUT2D eigenvalue weighted by molar-refractivity contribution is -0.929. The van der Waals surface area contributed by atoms with Crippen molar-refractivity contribution in [3.05, 3.63) is 24.3 Å². The Morgan fingerprint density at radius 1 is 0.388 bits per heavy atom. The van der Waals surface area contributed by atoms with Crippen LogP contribution in [0.25, 0.3) is 0 Å². The maximum Gasteiger partial charge on any atom is 0.0786 e. The Hall–Kier alpha value is -1.09. The number of carbonyl (C=O) groups is 1. The van der Waals surface area contributed by atoms with Crippen molar-refractivity contribution in [2.75, 3.05) is 26.2 Å². The van der Waals surface area contributed by atoms with Crippen molar-refractivity contribution in [2.24, 2.45) is 0 Å². The summed E-state index contributed by atoms with van der Waals surface area (Å²) in [5, 5.41) is 10.2. The highest BCUT2D eigenvalue weighted by atomic mass is 16.4. The number of rotatable bonds is 38. The fourth-order valence-corrected chi connectivity index (χ4v) is 6.95. The molecule has 0 atom stereocenters. The van der Waals surface area contributed by atoms with E-state index in [2.05, 4.69) is 58.9 Å². The number of carbonyl (C=O) groups excluding carboxylic acids is 1. The predicted octanol–water partition coefficient (Wildman–Crippen LogP) is 14.2. The Kier molecular flexibility index (Phi) is 44.0. The van der Waals surface area contributed by atoms with Crippen LogP contribution in [0.1, 0.15) is 240 Å². The van der Waals surface area contributed by atoms with Crippen LogP contribution in [0.2, 0.25) is 0 Å². The Morgan fingerprint density at radius 2 is 0.673 bits per heavy atom. The molecule has 0 N–H and O–H groups in total. The molecule has 0 saturated heterocycles. The number of carboxylic acid groups (broad SMARTS) is 1. The zero-order chi connectivity index (χ0) is 36.4. The van der Waals surface area contributed by atoms with E-state index in [0.29, 0.717) is 0 Å². The maximum absolute atomic E-state index is 10.2. The lowest BCUT2D eigenvalue weighted by atomic mass is 10.1. The van der Waals surface area contributed by atoms with E-state index in [4.69, 9.17) is 0 Å². The summed E-state index contributed by atoms with van der Waals surface area (Å²) in [6.45, 7) is 17.5. The first-order valence-electron chi connectivity index (χ1n) is 22.4. The molecule has 0 aromatic carbocycles. The number of hydrogen-bond acceptors (Lipinski definition) is 2. The summed E-state index contributed by atoms with van der Waals surface area (Å²) in [6, 6.07) is 0. The van der Waals surface area contributed by atoms with E-state index >= 15 is 0 Å². The minimum absolute atomic E-state index is 0.213. The summed E-state index contributed by atoms with van der Waals surface area (Å²) in [5.41, 5.74) is 0. The topological polar surface area (TPSA) is 40.1 Å². The third-order valence-corrected chi connectivity index (χ3v) is 10.3. The van der Waals surface area contributed by atoms with Crippen molar-refractivity contribution in [1.82, 2.24) is 0 Å². The summed E-state index contributed by atoms with van der Waals surface area (Å²) in [5.74, 6) is -0.921. The Morgan fingerprint density at radius 3 is 1.04 bits per heavy atom. The molecule has 0 fully saturated rings. The highest BCUT2D eigenvalue weighted by Crippen LogP contribution is 2.20. The molecule has 49 heavy (non-hydrogen) atoms. The van der Waals surface area contributed by atoms with E-state index in [1.54, 1.807) is 0 Å². The summed E-state index contributed by atoms with van der Waals surface area (Å²) < 4.78 is 1.47. The van der Waals surface area contributed by atoms with E-state index in [9.17, 15) is 9.90 Å². The first-order valence-corrected chi connectivity index (χ1v) is 22.4. The van der Waals surface area contributed by atoms with E-state index in [-0.39, 0.29) is 6.42 Å². The largest absolute Gasteiger partial charge is 0.550 e. The number of unbranched alkanes of at least 4 members (excludes halogenated alkanes) is 24. The van der Waals surface area contributed by atoms with Crippen molar-refractivity contribution >= 4 is 5.97 Å². The zero-order valence-corrected chi connectivity index (χ0v) is 34.5. The van der Waals surface area contributed by atoms with Crippen molar-refractivity contribution in [2.45, 2.75) is 240 Å². The molecule has 0 aromatic rings. The van der Waals surface area contributed by atoms with Crippen LogP contribution in [0.15, 0.2) is 24.3 Å². The van der Waals surface area contributed by atoms with Crippen LogP contribution in [-0.2, 0) is 4.79 Å². The average Bonchev–Trinajstić information content (AvgIpc) is 3.09. The van der Waals surface area contributed by atoms with Crippen LogP contribution >= 0.6 is 0 Å². The van der Waals surface area contributed by atoms with Gasteiger partial charge in [-0.1, -0.05) is 168 Å². The minimum atomic E-state index is -0.921. The van der Waals surface area contributed by atoms with Crippen LogP contribution in [0.5, 0.6) is 0 Å². The highest BCUT2D eigenvalue weighted by molar-refractivity contribution is 5.64. The van der Waals surface area contributed by atoms with Gasteiger partial charge in [0.15, 0.2) is 0 Å². The van der Waals surface area contributed by atoms with Gasteiger partial charge in [-0.25, -0.2) is 0 Å². The monoisotopic (exact) mass is 690 g/mol. The Balaban J connectivity index is 0. The average molecular weight is 690 g/mol. The van der Waals surface area contributed by atoms with Gasteiger partial charge in [-0.3, -0.25) is 0 Å². The van der Waals surface area contributed by atoms with Gasteiger partial charge in [0.25, 0.3) is 0 Å². The maximum atomic E-state index is 10.2. The van der Waals surface area contributed by atoms with E-state index in [1.165, 1.54) is 198 Å². The molecular formula is C46H91NO2. The van der Waals surface area contributed by atoms with Gasteiger partial charge in [0.05, 0.1) is 26.2 Å². The van der Waals surface area contributed by atoms with Gasteiger partial charge in [-0.05, 0) is 96.3 Å². The second-order valence-corrected chi connectivity index (χ2v) is 15.2. The fraction of sp³-hybridized carbons (Fsp3) is 0.891. The van der Waals surface area contributed by atoms with Crippen molar-refractivity contribution < 1.29 is 14.4 Å². The standard InChI is InChI=1S/C28H60N.C18H32O2/c1-5-9-13-17-21-25-29(26-22-18-14-10-6-2,27-23-19-15-11-7-3)28-24-20-16-12-8-4;1-2-3-4-5-6-7-8-9-10-11-12-13-14-15-16-17-18(19)20/h5-28H2,1-4H3;6-7,9-10H,2-5,8,11-17H2,1H3,(H,19,20)/q+1;/p-1/b;7-6-,10-9-. The summed E-state index contributed by atoms with van der Waals surface area (Å²) in [6.07, 6.45) is 50.7. The first kappa shape index (κ1) is 50.0. The molecule has 0 aromatic heterocycles. The Labute approximate surface area is 310 Å². The molecule has 0 unspecified atom stereocenters. The number of aliphatic carboxylic acids is 1. The van der Waals surface area contributed by atoms with E-state index in [1.807, 2.05) is 0 Å². The second-order valence-electron chi connectivity index (χ2n) is 15.2. The van der Waals surface area contributed by atoms with E-state index in [0.717, 1.165) is 32.1 Å². The summed E-state index contributed by atoms with van der Waals surface area (Å²) >= 11 is 0. The molecule has 0 aliphatic carbocycles. The fourth-order valence-electron chi connectivity index (χ4n) is 6.95. The molecular weight excluding hydrogens is 599 g/mol. The van der Waals surface area contributed by atoms with Gasteiger partial charge in [0.1, 0.15) is 0 Å². The molecule has 0 saturated carbocycles. The molecule has 0 bridgehead atoms. The molecule has 3 heteroatoms. The molecule has 0 rings (SSSR count). The molecule has 0 spiro atoms. The highest BCUT2D eigenvalue weighted by Gasteiger charge is 2.25. The van der Waals surface area contributed by atoms with Crippen molar-refractivity contribution in [1.29, 1.82) is 0 Å². The van der Waals surface area contributed by atoms with Gasteiger partial charge in [0, 0.05) is 5.97 Å². The van der Waals surface area contributed by atoms with Crippen molar-refractivity contribution in [3.63, 3.8) is 0 Å². The number of quaternary nitrogens is 1. The van der Waals surface area contributed by atoms with Crippen LogP contribution in [0.3, 0.4) is 0 Å². The number of allylic oxidation sites excluding steroid dienone is 4. The van der Waals surface area contributed by atoms with Gasteiger partial charge in [-0.2, -0.15) is 0 Å². The molecule has 0 amide bonds. The number of carboxylic acids is 1. The second kappa shape index (κ2) is 43.1. The van der Waals surface area contributed by atoms with Crippen LogP contribution in [0, 0.1) is 0 Å². The minimum Gasteiger partial charge on any atom is -0.550 e. The van der Waals surface area contributed by atoms with Gasteiger partial charge >= 0.3 is 0 Å². The molecule has 0 heterocycles. The van der Waals surface area contributed by atoms with Crippen molar-refractivity contribution in [3.8, 4) is 0 Å². The lowest BCUT2D eigenvalue weighted by Crippen LogP contribution is -2.50. The predicted molar refractivity (Wildman–Crippen MR) is 219 cm³/mol. The third-order valence-electron chi connectivity index (χ3n) is 10.3. The molecule has 0 aliphatic rings. The molecule has 292 valence electrons. The van der Waals surface area contributed by atoms with Crippen LogP contribution in [-0.4, -0.2) is 36.6 Å². The molecule has 0 radical (unpaired) electrons. The molecule has 0 aliphatic heterocycles. The molecule has 3 nitrogen and oxygen atoms in total. The third kappa shape index (κ3) is 41.2. The van der Waals surface area contributed by atoms with Gasteiger partial charge < -0.3 is 14.4 Å². The smallest absolute Gasteiger partial charge is 0.0786 e. The van der Waals surface area contributed by atoms with Crippen LogP contribution < -0.4 is 5.11 Å². The van der Waals surface area contributed by atoms with E-state index < -0.39 is 5.97 Å².